The number of rotatable bonds is 4. The third-order valence-corrected chi connectivity index (χ3v) is 3.16. The van der Waals surface area contributed by atoms with E-state index in [0.29, 0.717) is 0 Å². The number of thioether (sulfide) groups is 1. The lowest BCUT2D eigenvalue weighted by atomic mass is 10.1. The van der Waals surface area contributed by atoms with Gasteiger partial charge < -0.3 is 5.32 Å². The first-order chi connectivity index (χ1) is 9.05. The molecule has 0 saturated heterocycles. The molecule has 0 fully saturated rings. The predicted octanol–water partition coefficient (Wildman–Crippen LogP) is 5.09. The highest BCUT2D eigenvalue weighted by Crippen LogP contribution is 2.36. The number of halogens is 3. The molecule has 1 nitrogen and oxygen atoms in total. The fourth-order valence-corrected chi connectivity index (χ4v) is 2.05. The molecule has 0 atom stereocenters. The highest BCUT2D eigenvalue weighted by atomic mass is 32.2. The Balaban J connectivity index is 2.64. The van der Waals surface area contributed by atoms with Crippen LogP contribution in [-0.4, -0.2) is 17.6 Å². The van der Waals surface area contributed by atoms with Crippen LogP contribution < -0.4 is 5.32 Å². The van der Waals surface area contributed by atoms with E-state index in [1.54, 1.807) is 12.1 Å². The van der Waals surface area contributed by atoms with Gasteiger partial charge in [0.1, 0.15) is 0 Å². The molecular formula is C15H20F3NS. The van der Waals surface area contributed by atoms with Crippen LogP contribution >= 0.6 is 11.8 Å². The van der Waals surface area contributed by atoms with Crippen LogP contribution in [0.15, 0.2) is 34.7 Å². The fourth-order valence-electron chi connectivity index (χ4n) is 1.51. The summed E-state index contributed by atoms with van der Waals surface area (Å²) in [5.41, 5.74) is -2.15. The smallest absolute Gasteiger partial charge is 0.308 e. The first-order valence-corrected chi connectivity index (χ1v) is 7.15. The van der Waals surface area contributed by atoms with Gasteiger partial charge in [0.25, 0.3) is 0 Å². The Morgan fingerprint density at radius 3 is 2.15 bits per heavy atom. The third kappa shape index (κ3) is 7.60. The van der Waals surface area contributed by atoms with Crippen molar-refractivity contribution < 1.29 is 13.2 Å². The van der Waals surface area contributed by atoms with E-state index >= 15 is 0 Å². The average molecular weight is 303 g/mol. The van der Waals surface area contributed by atoms with Gasteiger partial charge in [0, 0.05) is 17.0 Å². The molecule has 0 spiro atoms. The Kier molecular flexibility index (Phi) is 5.71. The van der Waals surface area contributed by atoms with Crippen LogP contribution in [-0.2, 0) is 0 Å². The zero-order valence-electron chi connectivity index (χ0n) is 12.1. The maximum absolute atomic E-state index is 12.2. The largest absolute Gasteiger partial charge is 0.446 e. The van der Waals surface area contributed by atoms with E-state index in [9.17, 15) is 13.2 Å². The van der Waals surface area contributed by atoms with E-state index in [0.717, 1.165) is 17.7 Å². The minimum Gasteiger partial charge on any atom is -0.308 e. The molecule has 0 aliphatic carbocycles. The molecule has 0 radical (unpaired) electrons. The van der Waals surface area contributed by atoms with Gasteiger partial charge in [0.2, 0.25) is 0 Å². The van der Waals surface area contributed by atoms with Crippen LogP contribution in [0.3, 0.4) is 0 Å². The van der Waals surface area contributed by atoms with Gasteiger partial charge in [-0.05, 0) is 57.2 Å². The summed E-state index contributed by atoms with van der Waals surface area (Å²) >= 11 is -0.0911. The highest BCUT2D eigenvalue weighted by molar-refractivity contribution is 8.00. The van der Waals surface area contributed by atoms with Gasteiger partial charge in [-0.3, -0.25) is 0 Å². The number of hydrogen-bond acceptors (Lipinski definition) is 2. The summed E-state index contributed by atoms with van der Waals surface area (Å²) < 4.78 is 36.6. The van der Waals surface area contributed by atoms with Crippen molar-refractivity contribution in [3.63, 3.8) is 0 Å². The fraction of sp³-hybridized carbons (Fsp3) is 0.467. The lowest BCUT2D eigenvalue weighted by Crippen LogP contribution is -2.36. The van der Waals surface area contributed by atoms with Gasteiger partial charge in [-0.25, -0.2) is 0 Å². The van der Waals surface area contributed by atoms with Crippen molar-refractivity contribution in [2.75, 3.05) is 6.54 Å². The summed E-state index contributed by atoms with van der Waals surface area (Å²) in [6.07, 6.45) is 1.97. The molecule has 0 aliphatic rings. The molecule has 1 aromatic rings. The van der Waals surface area contributed by atoms with Gasteiger partial charge in [0.05, 0.1) is 0 Å². The predicted molar refractivity (Wildman–Crippen MR) is 79.8 cm³/mol. The minimum atomic E-state index is -4.23. The lowest BCUT2D eigenvalue weighted by molar-refractivity contribution is -0.0328. The van der Waals surface area contributed by atoms with Crippen LogP contribution in [0, 0.1) is 0 Å². The molecule has 0 unspecified atom stereocenters. The molecule has 0 amide bonds. The second-order valence-corrected chi connectivity index (χ2v) is 6.85. The van der Waals surface area contributed by atoms with E-state index < -0.39 is 5.51 Å². The lowest BCUT2D eigenvalue weighted by Gasteiger charge is -2.20. The van der Waals surface area contributed by atoms with Crippen LogP contribution in [0.4, 0.5) is 13.2 Å². The van der Waals surface area contributed by atoms with Gasteiger partial charge in [-0.15, -0.1) is 0 Å². The van der Waals surface area contributed by atoms with E-state index in [1.165, 1.54) is 12.1 Å². The molecule has 1 aromatic carbocycles. The molecule has 0 heterocycles. The zero-order chi connectivity index (χ0) is 15.4. The Labute approximate surface area is 122 Å². The zero-order valence-corrected chi connectivity index (χ0v) is 13.0. The Morgan fingerprint density at radius 2 is 1.70 bits per heavy atom. The van der Waals surface area contributed by atoms with E-state index in [-0.39, 0.29) is 22.2 Å². The molecular weight excluding hydrogens is 283 g/mol. The molecule has 1 N–H and O–H groups in total. The summed E-state index contributed by atoms with van der Waals surface area (Å²) in [4.78, 5) is 0.208. The number of nitrogens with one attached hydrogen (secondary N) is 1. The number of hydrogen-bond donors (Lipinski definition) is 1. The summed E-state index contributed by atoms with van der Waals surface area (Å²) in [5.74, 6) is 0. The van der Waals surface area contributed by atoms with Crippen molar-refractivity contribution in [2.24, 2.45) is 0 Å². The topological polar surface area (TPSA) is 12.0 Å². The Hall–Kier alpha value is -0.940. The second kappa shape index (κ2) is 6.68. The molecule has 0 aromatic heterocycles. The first kappa shape index (κ1) is 17.1. The van der Waals surface area contributed by atoms with Crippen molar-refractivity contribution in [1.29, 1.82) is 0 Å². The highest BCUT2D eigenvalue weighted by Gasteiger charge is 2.28. The van der Waals surface area contributed by atoms with Crippen LogP contribution in [0.25, 0.3) is 6.08 Å². The van der Waals surface area contributed by atoms with E-state index in [4.69, 9.17) is 0 Å². The first-order valence-electron chi connectivity index (χ1n) is 6.33. The molecule has 0 bridgehead atoms. The maximum atomic E-state index is 12.2. The van der Waals surface area contributed by atoms with E-state index in [2.05, 4.69) is 26.1 Å². The molecule has 0 saturated carbocycles. The van der Waals surface area contributed by atoms with Crippen LogP contribution in [0.5, 0.6) is 0 Å². The maximum Gasteiger partial charge on any atom is 0.446 e. The quantitative estimate of drug-likeness (QED) is 0.778. The molecule has 0 aliphatic heterocycles. The normalized spacial score (nSPS) is 13.7. The van der Waals surface area contributed by atoms with Gasteiger partial charge in [-0.1, -0.05) is 23.8 Å². The van der Waals surface area contributed by atoms with Crippen LogP contribution in [0.2, 0.25) is 0 Å². The van der Waals surface area contributed by atoms with Crippen LogP contribution in [0.1, 0.15) is 33.3 Å². The summed E-state index contributed by atoms with van der Waals surface area (Å²) in [6.45, 7) is 9.01. The van der Waals surface area contributed by atoms with Gasteiger partial charge in [-0.2, -0.15) is 13.2 Å². The van der Waals surface area contributed by atoms with Crippen molar-refractivity contribution in [3.8, 4) is 0 Å². The average Bonchev–Trinajstić information content (AvgIpc) is 2.26. The Morgan fingerprint density at radius 1 is 1.15 bits per heavy atom. The number of alkyl halides is 3. The van der Waals surface area contributed by atoms with Crippen molar-refractivity contribution >= 4 is 17.8 Å². The van der Waals surface area contributed by atoms with Crippen molar-refractivity contribution in [3.05, 3.63) is 35.4 Å². The Bertz CT molecular complexity index is 455. The number of benzene rings is 1. The van der Waals surface area contributed by atoms with Crippen molar-refractivity contribution in [2.45, 2.75) is 43.6 Å². The van der Waals surface area contributed by atoms with Gasteiger partial charge in [0.15, 0.2) is 0 Å². The second-order valence-electron chi connectivity index (χ2n) is 5.71. The summed E-state index contributed by atoms with van der Waals surface area (Å²) in [7, 11) is 0. The molecule has 20 heavy (non-hydrogen) atoms. The third-order valence-electron chi connectivity index (χ3n) is 2.42. The monoisotopic (exact) mass is 303 g/mol. The minimum absolute atomic E-state index is 0.0440. The van der Waals surface area contributed by atoms with E-state index in [1.807, 2.05) is 13.0 Å². The summed E-state index contributed by atoms with van der Waals surface area (Å²) in [5, 5.41) is 3.36. The van der Waals surface area contributed by atoms with Crippen molar-refractivity contribution in [1.82, 2.24) is 5.32 Å². The van der Waals surface area contributed by atoms with Gasteiger partial charge >= 0.3 is 5.51 Å². The molecule has 5 heteroatoms. The standard InChI is InChI=1S/C15H20F3NS/c1-11(10-19-14(2,3)4)9-12-5-7-13(8-6-12)20-15(16,17)18/h5-9,19H,10H2,1-4H3. The molecule has 1 rings (SSSR count). The summed E-state index contributed by atoms with van der Waals surface area (Å²) in [6, 6.07) is 6.40. The SMILES string of the molecule is CC(=Cc1ccc(SC(F)(F)F)cc1)CNC(C)(C)C. The molecule has 112 valence electrons.